The van der Waals surface area contributed by atoms with Crippen LogP contribution in [0.1, 0.15) is 54.6 Å². The molecule has 4 rings (SSSR count). The van der Waals surface area contributed by atoms with Crippen LogP contribution in [0.4, 0.5) is 0 Å². The second kappa shape index (κ2) is 9.57. The Balaban J connectivity index is 1.59. The van der Waals surface area contributed by atoms with Crippen LogP contribution in [-0.4, -0.2) is 40.9 Å². The number of nitrogens with one attached hydrogen (secondary N) is 2. The summed E-state index contributed by atoms with van der Waals surface area (Å²) in [4.78, 5) is 18.7. The van der Waals surface area contributed by atoms with Crippen LogP contribution in [0.15, 0.2) is 48.5 Å². The van der Waals surface area contributed by atoms with Crippen molar-refractivity contribution in [3.8, 4) is 0 Å². The van der Waals surface area contributed by atoms with Crippen molar-refractivity contribution in [1.82, 2.24) is 9.88 Å². The standard InChI is InChI=1S/C26H32N4O2/c1-3-32-26(31)24(18-10-5-4-6-11-18)30-16-8-12-19(30)14-15-21-23(25(27)28)22-17(2)9-7-13-20(22)29-21/h4-7,9-11,13,19,24,29H,3,8,12,14-16H2,1-2H3,(H3,27,28)/t19-,24?/m0/s1. The number of nitrogens with zero attached hydrogens (tertiary/aromatic N) is 1. The number of H-pyrrole nitrogens is 1. The maximum atomic E-state index is 12.9. The van der Waals surface area contributed by atoms with Gasteiger partial charge in [-0.2, -0.15) is 0 Å². The number of aromatic amines is 1. The molecule has 0 radical (unpaired) electrons. The Labute approximate surface area is 189 Å². The van der Waals surface area contributed by atoms with E-state index in [0.29, 0.717) is 6.61 Å². The zero-order chi connectivity index (χ0) is 22.7. The normalized spacial score (nSPS) is 17.5. The molecule has 1 aromatic heterocycles. The molecule has 168 valence electrons. The molecule has 0 spiro atoms. The van der Waals surface area contributed by atoms with Gasteiger partial charge in [-0.15, -0.1) is 0 Å². The quantitative estimate of drug-likeness (QED) is 0.278. The van der Waals surface area contributed by atoms with Gasteiger partial charge in [-0.25, -0.2) is 4.79 Å². The SMILES string of the molecule is CCOC(=O)C(c1ccccc1)N1CCC[C@H]1CCc1[nH]c2cccc(C)c2c1C(=N)N. The number of likely N-dealkylation sites (tertiary alicyclic amines) is 1. The summed E-state index contributed by atoms with van der Waals surface area (Å²) in [6.07, 6.45) is 3.75. The molecule has 2 heterocycles. The van der Waals surface area contributed by atoms with Gasteiger partial charge in [-0.3, -0.25) is 10.3 Å². The highest BCUT2D eigenvalue weighted by Gasteiger charge is 2.36. The van der Waals surface area contributed by atoms with E-state index >= 15 is 0 Å². The predicted octanol–water partition coefficient (Wildman–Crippen LogP) is 4.46. The van der Waals surface area contributed by atoms with Crippen molar-refractivity contribution >= 4 is 22.7 Å². The maximum absolute atomic E-state index is 12.9. The van der Waals surface area contributed by atoms with E-state index in [1.54, 1.807) is 0 Å². The van der Waals surface area contributed by atoms with E-state index in [1.807, 2.05) is 49.4 Å². The molecule has 2 atom stereocenters. The molecule has 1 aliphatic rings. The first kappa shape index (κ1) is 22.1. The topological polar surface area (TPSA) is 95.2 Å². The van der Waals surface area contributed by atoms with Gasteiger partial charge < -0.3 is 15.5 Å². The minimum atomic E-state index is -0.388. The predicted molar refractivity (Wildman–Crippen MR) is 128 cm³/mol. The van der Waals surface area contributed by atoms with E-state index in [4.69, 9.17) is 15.9 Å². The van der Waals surface area contributed by atoms with Crippen LogP contribution in [0.25, 0.3) is 10.9 Å². The van der Waals surface area contributed by atoms with Gasteiger partial charge in [-0.05, 0) is 63.3 Å². The molecule has 3 aromatic rings. The van der Waals surface area contributed by atoms with E-state index in [2.05, 4.69) is 22.9 Å². The Bertz CT molecular complexity index is 1110. The van der Waals surface area contributed by atoms with Gasteiger partial charge >= 0.3 is 5.97 Å². The molecule has 1 saturated heterocycles. The molecular weight excluding hydrogens is 400 g/mol. The zero-order valence-corrected chi connectivity index (χ0v) is 18.9. The number of aromatic nitrogens is 1. The molecule has 0 aliphatic carbocycles. The van der Waals surface area contributed by atoms with Crippen LogP contribution >= 0.6 is 0 Å². The highest BCUT2D eigenvalue weighted by atomic mass is 16.5. The van der Waals surface area contributed by atoms with Gasteiger partial charge in [0.05, 0.1) is 6.61 Å². The first-order valence-corrected chi connectivity index (χ1v) is 11.4. The number of ether oxygens (including phenoxy) is 1. The van der Waals surface area contributed by atoms with Crippen molar-refractivity contribution in [3.05, 3.63) is 70.9 Å². The zero-order valence-electron chi connectivity index (χ0n) is 18.9. The smallest absolute Gasteiger partial charge is 0.328 e. The summed E-state index contributed by atoms with van der Waals surface area (Å²) >= 11 is 0. The van der Waals surface area contributed by atoms with Crippen LogP contribution in [0.3, 0.4) is 0 Å². The molecule has 6 heteroatoms. The summed E-state index contributed by atoms with van der Waals surface area (Å²) < 4.78 is 5.45. The van der Waals surface area contributed by atoms with Crippen LogP contribution in [0.5, 0.6) is 0 Å². The van der Waals surface area contributed by atoms with E-state index < -0.39 is 0 Å². The lowest BCUT2D eigenvalue weighted by molar-refractivity contribution is -0.150. The van der Waals surface area contributed by atoms with E-state index in [9.17, 15) is 4.79 Å². The first-order chi connectivity index (χ1) is 15.5. The number of hydrogen-bond acceptors (Lipinski definition) is 4. The number of aryl methyl sites for hydroxylation is 2. The number of fused-ring (bicyclic) bond motifs is 1. The number of rotatable bonds is 8. The van der Waals surface area contributed by atoms with Crippen molar-refractivity contribution in [2.24, 2.45) is 5.73 Å². The number of nitrogens with two attached hydrogens (primary N) is 1. The average molecular weight is 433 g/mol. The molecule has 1 aliphatic heterocycles. The Morgan fingerprint density at radius 1 is 1.25 bits per heavy atom. The Hall–Kier alpha value is -3.12. The number of benzene rings is 2. The van der Waals surface area contributed by atoms with Crippen molar-refractivity contribution in [2.45, 2.75) is 51.6 Å². The van der Waals surface area contributed by atoms with Crippen molar-refractivity contribution in [1.29, 1.82) is 5.41 Å². The third-order valence-corrected chi connectivity index (χ3v) is 6.49. The summed E-state index contributed by atoms with van der Waals surface area (Å²) in [7, 11) is 0. The number of amidine groups is 1. The lowest BCUT2D eigenvalue weighted by atomic mass is 9.99. The monoisotopic (exact) mass is 432 g/mol. The molecular formula is C26H32N4O2. The summed E-state index contributed by atoms with van der Waals surface area (Å²) in [5, 5.41) is 9.20. The molecule has 4 N–H and O–H groups in total. The lowest BCUT2D eigenvalue weighted by Crippen LogP contribution is -2.39. The summed E-state index contributed by atoms with van der Waals surface area (Å²) in [5.74, 6) is -0.0891. The van der Waals surface area contributed by atoms with Gasteiger partial charge in [0.2, 0.25) is 0 Å². The summed E-state index contributed by atoms with van der Waals surface area (Å²) in [6, 6.07) is 15.9. The molecule has 0 saturated carbocycles. The van der Waals surface area contributed by atoms with Crippen LogP contribution in [-0.2, 0) is 16.0 Å². The number of hydrogen-bond donors (Lipinski definition) is 3. The highest BCUT2D eigenvalue weighted by molar-refractivity contribution is 6.09. The molecule has 32 heavy (non-hydrogen) atoms. The number of nitrogen functional groups attached to an aromatic ring is 1. The Morgan fingerprint density at radius 3 is 2.75 bits per heavy atom. The molecule has 2 aromatic carbocycles. The summed E-state index contributed by atoms with van der Waals surface area (Å²) in [6.45, 7) is 5.14. The van der Waals surface area contributed by atoms with Gasteiger partial charge in [0.1, 0.15) is 11.9 Å². The van der Waals surface area contributed by atoms with Crippen molar-refractivity contribution in [3.63, 3.8) is 0 Å². The fourth-order valence-electron chi connectivity index (χ4n) is 5.10. The average Bonchev–Trinajstić information content (AvgIpc) is 3.38. The largest absolute Gasteiger partial charge is 0.465 e. The van der Waals surface area contributed by atoms with Gasteiger partial charge in [0.15, 0.2) is 0 Å². The van der Waals surface area contributed by atoms with Gasteiger partial charge in [0.25, 0.3) is 0 Å². The number of carbonyl (C=O) groups is 1. The molecule has 1 fully saturated rings. The summed E-state index contributed by atoms with van der Waals surface area (Å²) in [5.41, 5.74) is 10.9. The number of esters is 1. The number of carbonyl (C=O) groups excluding carboxylic acids is 1. The second-order valence-corrected chi connectivity index (χ2v) is 8.53. The highest BCUT2D eigenvalue weighted by Crippen LogP contribution is 2.34. The van der Waals surface area contributed by atoms with E-state index in [-0.39, 0.29) is 23.9 Å². The third-order valence-electron chi connectivity index (χ3n) is 6.49. The molecule has 0 amide bonds. The van der Waals surface area contributed by atoms with Crippen molar-refractivity contribution in [2.75, 3.05) is 13.2 Å². The van der Waals surface area contributed by atoms with Gasteiger partial charge in [0, 0.05) is 28.2 Å². The van der Waals surface area contributed by atoms with E-state index in [0.717, 1.165) is 65.5 Å². The minimum Gasteiger partial charge on any atom is -0.465 e. The maximum Gasteiger partial charge on any atom is 0.328 e. The third kappa shape index (κ3) is 4.28. The van der Waals surface area contributed by atoms with E-state index in [1.165, 1.54) is 0 Å². The van der Waals surface area contributed by atoms with Crippen LogP contribution in [0, 0.1) is 12.3 Å². The molecule has 6 nitrogen and oxygen atoms in total. The Morgan fingerprint density at radius 2 is 2.03 bits per heavy atom. The molecule has 0 bridgehead atoms. The van der Waals surface area contributed by atoms with Crippen LogP contribution < -0.4 is 5.73 Å². The molecule has 1 unspecified atom stereocenters. The van der Waals surface area contributed by atoms with Crippen molar-refractivity contribution < 1.29 is 9.53 Å². The fraction of sp³-hybridized carbons (Fsp3) is 0.385. The van der Waals surface area contributed by atoms with Crippen LogP contribution in [0.2, 0.25) is 0 Å². The second-order valence-electron chi connectivity index (χ2n) is 8.53. The lowest BCUT2D eigenvalue weighted by Gasteiger charge is -2.32. The fourth-order valence-corrected chi connectivity index (χ4v) is 5.10. The first-order valence-electron chi connectivity index (χ1n) is 11.4. The minimum absolute atomic E-state index is 0.0949. The van der Waals surface area contributed by atoms with Gasteiger partial charge in [-0.1, -0.05) is 42.5 Å². The Kier molecular flexibility index (Phi) is 6.61.